The van der Waals surface area contributed by atoms with Crippen molar-refractivity contribution < 1.29 is 13.3 Å². The van der Waals surface area contributed by atoms with Gasteiger partial charge in [-0.05, 0) is 12.1 Å². The van der Waals surface area contributed by atoms with Crippen LogP contribution in [0, 0.1) is 10.1 Å². The van der Waals surface area contributed by atoms with Crippen LogP contribution in [0.4, 0.5) is 5.69 Å². The van der Waals surface area contributed by atoms with Crippen LogP contribution >= 0.6 is 0 Å². The molecule has 0 radical (unpaired) electrons. The standard InChI is InChI=1S/C10H12N2O4S/c1-11(2)17(15,16)8-7-9-5-3-4-6-10(9)12(13)14/h3-8H,1-2H3/b8-7+. The SMILES string of the molecule is CN(C)S(=O)(=O)/C=C/c1ccccc1[N+](=O)[O-]. The molecule has 0 bridgehead atoms. The van der Waals surface area contributed by atoms with Crippen molar-refractivity contribution in [3.63, 3.8) is 0 Å². The van der Waals surface area contributed by atoms with Gasteiger partial charge in [0.15, 0.2) is 0 Å². The molecule has 0 aromatic heterocycles. The number of hydrogen-bond donors (Lipinski definition) is 0. The third-order valence-corrected chi connectivity index (χ3v) is 3.56. The first-order valence-electron chi connectivity index (χ1n) is 4.68. The lowest BCUT2D eigenvalue weighted by Gasteiger charge is -2.05. The Morgan fingerprint density at radius 1 is 1.29 bits per heavy atom. The molecule has 1 rings (SSSR count). The lowest BCUT2D eigenvalue weighted by atomic mass is 10.2. The van der Waals surface area contributed by atoms with E-state index in [4.69, 9.17) is 0 Å². The minimum Gasteiger partial charge on any atom is -0.258 e. The lowest BCUT2D eigenvalue weighted by molar-refractivity contribution is -0.385. The molecular weight excluding hydrogens is 244 g/mol. The second-order valence-electron chi connectivity index (χ2n) is 3.45. The van der Waals surface area contributed by atoms with Crippen molar-refractivity contribution in [1.29, 1.82) is 0 Å². The van der Waals surface area contributed by atoms with Crippen LogP contribution in [-0.4, -0.2) is 31.7 Å². The average Bonchev–Trinajstić information content (AvgIpc) is 2.26. The normalized spacial score (nSPS) is 12.2. The smallest absolute Gasteiger partial charge is 0.258 e. The molecule has 0 atom stereocenters. The van der Waals surface area contributed by atoms with Crippen LogP contribution in [-0.2, 0) is 10.0 Å². The van der Waals surface area contributed by atoms with E-state index in [9.17, 15) is 18.5 Å². The molecule has 0 spiro atoms. The second-order valence-corrected chi connectivity index (χ2v) is 5.48. The molecule has 6 nitrogen and oxygen atoms in total. The number of nitro groups is 1. The Morgan fingerprint density at radius 3 is 2.41 bits per heavy atom. The van der Waals surface area contributed by atoms with Gasteiger partial charge in [0.05, 0.1) is 10.5 Å². The van der Waals surface area contributed by atoms with Crippen LogP contribution in [0.3, 0.4) is 0 Å². The predicted molar refractivity (Wildman–Crippen MR) is 64.7 cm³/mol. The van der Waals surface area contributed by atoms with Gasteiger partial charge in [-0.15, -0.1) is 0 Å². The molecule has 0 saturated carbocycles. The summed E-state index contributed by atoms with van der Waals surface area (Å²) in [5.41, 5.74) is 0.126. The monoisotopic (exact) mass is 256 g/mol. The highest BCUT2D eigenvalue weighted by Gasteiger charge is 2.12. The molecule has 1 aromatic carbocycles. The molecule has 0 fully saturated rings. The zero-order valence-electron chi connectivity index (χ0n) is 9.40. The molecule has 17 heavy (non-hydrogen) atoms. The zero-order chi connectivity index (χ0) is 13.1. The Bertz CT molecular complexity index is 549. The number of rotatable bonds is 4. The van der Waals surface area contributed by atoms with Gasteiger partial charge in [0.2, 0.25) is 10.0 Å². The summed E-state index contributed by atoms with van der Waals surface area (Å²) in [6, 6.07) is 5.94. The van der Waals surface area contributed by atoms with E-state index in [1.54, 1.807) is 6.07 Å². The largest absolute Gasteiger partial charge is 0.276 e. The molecule has 0 amide bonds. The van der Waals surface area contributed by atoms with Crippen molar-refractivity contribution >= 4 is 21.8 Å². The van der Waals surface area contributed by atoms with Crippen LogP contribution in [0.15, 0.2) is 29.7 Å². The Balaban J connectivity index is 3.13. The fourth-order valence-electron chi connectivity index (χ4n) is 1.08. The highest BCUT2D eigenvalue weighted by Crippen LogP contribution is 2.19. The van der Waals surface area contributed by atoms with Gasteiger partial charge in [-0.3, -0.25) is 10.1 Å². The van der Waals surface area contributed by atoms with Gasteiger partial charge in [-0.2, -0.15) is 0 Å². The third kappa shape index (κ3) is 3.36. The van der Waals surface area contributed by atoms with Crippen molar-refractivity contribution in [2.24, 2.45) is 0 Å². The fourth-order valence-corrected chi connectivity index (χ4v) is 1.64. The van der Waals surface area contributed by atoms with Crippen LogP contribution < -0.4 is 0 Å². The van der Waals surface area contributed by atoms with Crippen molar-refractivity contribution in [2.75, 3.05) is 14.1 Å². The summed E-state index contributed by atoms with van der Waals surface area (Å²) in [7, 11) is -0.733. The second kappa shape index (κ2) is 5.07. The van der Waals surface area contributed by atoms with E-state index in [0.717, 1.165) is 9.71 Å². The first-order chi connectivity index (χ1) is 7.84. The topological polar surface area (TPSA) is 80.5 Å². The van der Waals surface area contributed by atoms with Gasteiger partial charge in [0.1, 0.15) is 0 Å². The Morgan fingerprint density at radius 2 is 1.88 bits per heavy atom. The molecule has 0 aliphatic carbocycles. The van der Waals surface area contributed by atoms with Crippen LogP contribution in [0.1, 0.15) is 5.56 Å². The van der Waals surface area contributed by atoms with E-state index < -0.39 is 14.9 Å². The van der Waals surface area contributed by atoms with Gasteiger partial charge in [0.25, 0.3) is 5.69 Å². The maximum atomic E-state index is 11.5. The zero-order valence-corrected chi connectivity index (χ0v) is 10.2. The predicted octanol–water partition coefficient (Wildman–Crippen LogP) is 1.46. The summed E-state index contributed by atoms with van der Waals surface area (Å²) < 4.78 is 23.9. The van der Waals surface area contributed by atoms with E-state index in [1.165, 1.54) is 38.4 Å². The highest BCUT2D eigenvalue weighted by molar-refractivity contribution is 7.92. The van der Waals surface area contributed by atoms with E-state index in [0.29, 0.717) is 0 Å². The Hall–Kier alpha value is -1.73. The molecule has 0 aliphatic rings. The van der Waals surface area contributed by atoms with Gasteiger partial charge in [0, 0.05) is 25.6 Å². The molecule has 0 saturated heterocycles. The number of sulfonamides is 1. The number of benzene rings is 1. The van der Waals surface area contributed by atoms with Gasteiger partial charge in [-0.25, -0.2) is 12.7 Å². The molecule has 0 unspecified atom stereocenters. The van der Waals surface area contributed by atoms with Crippen molar-refractivity contribution in [2.45, 2.75) is 0 Å². The van der Waals surface area contributed by atoms with Gasteiger partial charge in [-0.1, -0.05) is 12.1 Å². The number of hydrogen-bond acceptors (Lipinski definition) is 4. The van der Waals surface area contributed by atoms with E-state index in [-0.39, 0.29) is 11.3 Å². The van der Waals surface area contributed by atoms with Crippen molar-refractivity contribution in [3.8, 4) is 0 Å². The van der Waals surface area contributed by atoms with Crippen LogP contribution in [0.5, 0.6) is 0 Å². The molecule has 92 valence electrons. The Labute approximate surface area is 99.4 Å². The number of nitrogens with zero attached hydrogens (tertiary/aromatic N) is 2. The number of para-hydroxylation sites is 1. The fraction of sp³-hybridized carbons (Fsp3) is 0.200. The lowest BCUT2D eigenvalue weighted by Crippen LogP contribution is -2.19. The number of nitro benzene ring substituents is 1. The van der Waals surface area contributed by atoms with Gasteiger partial charge >= 0.3 is 0 Å². The summed E-state index contributed by atoms with van der Waals surface area (Å²) in [5, 5.41) is 11.6. The molecule has 1 aromatic rings. The molecule has 0 aliphatic heterocycles. The van der Waals surface area contributed by atoms with E-state index >= 15 is 0 Å². The molecular formula is C10H12N2O4S. The quantitative estimate of drug-likeness (QED) is 0.603. The van der Waals surface area contributed by atoms with E-state index in [1.807, 2.05) is 0 Å². The van der Waals surface area contributed by atoms with Crippen LogP contribution in [0.2, 0.25) is 0 Å². The van der Waals surface area contributed by atoms with Crippen molar-refractivity contribution in [3.05, 3.63) is 45.4 Å². The van der Waals surface area contributed by atoms with Gasteiger partial charge < -0.3 is 0 Å². The summed E-state index contributed by atoms with van der Waals surface area (Å²) >= 11 is 0. The first-order valence-corrected chi connectivity index (χ1v) is 6.19. The summed E-state index contributed by atoms with van der Waals surface area (Å²) in [4.78, 5) is 10.1. The molecule has 0 N–H and O–H groups in total. The molecule has 0 heterocycles. The van der Waals surface area contributed by atoms with Crippen molar-refractivity contribution in [1.82, 2.24) is 4.31 Å². The van der Waals surface area contributed by atoms with E-state index in [2.05, 4.69) is 0 Å². The molecule has 7 heteroatoms. The average molecular weight is 256 g/mol. The maximum absolute atomic E-state index is 11.5. The highest BCUT2D eigenvalue weighted by atomic mass is 32.2. The van der Waals surface area contributed by atoms with Crippen LogP contribution in [0.25, 0.3) is 6.08 Å². The minimum atomic E-state index is -3.51. The third-order valence-electron chi connectivity index (χ3n) is 2.06. The summed E-state index contributed by atoms with van der Waals surface area (Å²) in [6.07, 6.45) is 1.22. The summed E-state index contributed by atoms with van der Waals surface area (Å²) in [5.74, 6) is 0. The minimum absolute atomic E-state index is 0.127. The maximum Gasteiger partial charge on any atom is 0.276 e. The first kappa shape index (κ1) is 13.3. The Kier molecular flexibility index (Phi) is 3.97. The summed E-state index contributed by atoms with van der Waals surface area (Å²) in [6.45, 7) is 0.